The summed E-state index contributed by atoms with van der Waals surface area (Å²) in [5.74, 6) is 1.65. The van der Waals surface area contributed by atoms with Crippen LogP contribution in [0.25, 0.3) is 0 Å². The van der Waals surface area contributed by atoms with Crippen LogP contribution in [0.2, 0.25) is 0 Å². The Kier molecular flexibility index (Phi) is 6.60. The number of hydrogen-bond donors (Lipinski definition) is 1. The van der Waals surface area contributed by atoms with E-state index in [0.717, 1.165) is 43.9 Å². The molecule has 1 fully saturated rings. The SMILES string of the molecule is COc1cc2c(cc1OC)C1CC(N)CCN1CC2.Cl.Cl. The molecule has 0 bridgehead atoms. The van der Waals surface area contributed by atoms with E-state index in [0.29, 0.717) is 12.1 Å². The molecule has 0 spiro atoms. The Morgan fingerprint density at radius 3 is 2.43 bits per heavy atom. The van der Waals surface area contributed by atoms with Gasteiger partial charge in [-0.15, -0.1) is 24.8 Å². The van der Waals surface area contributed by atoms with E-state index in [1.807, 2.05) is 0 Å². The number of fused-ring (bicyclic) bond motifs is 3. The van der Waals surface area contributed by atoms with Crippen LogP contribution in [-0.2, 0) is 6.42 Å². The number of hydrogen-bond acceptors (Lipinski definition) is 4. The standard InChI is InChI=1S/C15H22N2O2.2ClH/c1-18-14-7-10-3-5-17-6-4-11(16)8-13(17)12(10)9-15(14)19-2;;/h7,9,11,13H,3-6,8,16H2,1-2H3;2*1H. The van der Waals surface area contributed by atoms with Crippen molar-refractivity contribution < 1.29 is 9.47 Å². The van der Waals surface area contributed by atoms with Crippen molar-refractivity contribution in [1.82, 2.24) is 4.90 Å². The number of methoxy groups -OCH3 is 2. The maximum absolute atomic E-state index is 6.14. The highest BCUT2D eigenvalue weighted by Gasteiger charge is 2.33. The number of benzene rings is 1. The van der Waals surface area contributed by atoms with Crippen LogP contribution in [-0.4, -0.2) is 38.3 Å². The highest BCUT2D eigenvalue weighted by Crippen LogP contribution is 2.41. The zero-order valence-corrected chi connectivity index (χ0v) is 14.1. The van der Waals surface area contributed by atoms with E-state index >= 15 is 0 Å². The molecule has 3 rings (SSSR count). The lowest BCUT2D eigenvalue weighted by atomic mass is 9.85. The van der Waals surface area contributed by atoms with Gasteiger partial charge in [0.15, 0.2) is 11.5 Å². The third-order valence-electron chi connectivity index (χ3n) is 4.43. The predicted octanol–water partition coefficient (Wildman–Crippen LogP) is 2.57. The van der Waals surface area contributed by atoms with Gasteiger partial charge < -0.3 is 15.2 Å². The summed E-state index contributed by atoms with van der Waals surface area (Å²) in [4.78, 5) is 2.55. The molecule has 2 unspecified atom stereocenters. The molecule has 1 saturated heterocycles. The average molecular weight is 335 g/mol. The lowest BCUT2D eigenvalue weighted by Gasteiger charge is -2.42. The zero-order chi connectivity index (χ0) is 13.4. The monoisotopic (exact) mass is 334 g/mol. The summed E-state index contributed by atoms with van der Waals surface area (Å²) in [5.41, 5.74) is 8.90. The van der Waals surface area contributed by atoms with Crippen LogP contribution in [0, 0.1) is 0 Å². The lowest BCUT2D eigenvalue weighted by Crippen LogP contribution is -2.45. The highest BCUT2D eigenvalue weighted by atomic mass is 35.5. The van der Waals surface area contributed by atoms with Crippen LogP contribution in [0.3, 0.4) is 0 Å². The Bertz CT molecular complexity index is 485. The minimum atomic E-state index is 0. The van der Waals surface area contributed by atoms with Gasteiger partial charge in [0.2, 0.25) is 0 Å². The molecule has 6 heteroatoms. The Hall–Kier alpha value is -0.680. The van der Waals surface area contributed by atoms with Crippen molar-refractivity contribution >= 4 is 24.8 Å². The van der Waals surface area contributed by atoms with Crippen molar-refractivity contribution in [2.45, 2.75) is 31.3 Å². The molecule has 4 nitrogen and oxygen atoms in total. The molecule has 0 aliphatic carbocycles. The molecule has 0 radical (unpaired) electrons. The molecule has 2 aliphatic rings. The van der Waals surface area contributed by atoms with Gasteiger partial charge in [-0.3, -0.25) is 4.90 Å². The minimum absolute atomic E-state index is 0. The summed E-state index contributed by atoms with van der Waals surface area (Å²) in [5, 5.41) is 0. The van der Waals surface area contributed by atoms with Crippen LogP contribution in [0.15, 0.2) is 12.1 Å². The Morgan fingerprint density at radius 2 is 1.76 bits per heavy atom. The van der Waals surface area contributed by atoms with Crippen LogP contribution in [0.4, 0.5) is 0 Å². The first-order chi connectivity index (χ1) is 9.22. The molecule has 1 aromatic carbocycles. The summed E-state index contributed by atoms with van der Waals surface area (Å²) in [6.07, 6.45) is 3.24. The molecule has 1 aromatic rings. The van der Waals surface area contributed by atoms with Crippen LogP contribution in [0.1, 0.15) is 30.0 Å². The Balaban J connectivity index is 0.00000110. The van der Waals surface area contributed by atoms with E-state index in [-0.39, 0.29) is 24.8 Å². The number of halogens is 2. The van der Waals surface area contributed by atoms with Crippen molar-refractivity contribution in [3.05, 3.63) is 23.3 Å². The molecule has 2 N–H and O–H groups in total. The normalized spacial score (nSPS) is 24.0. The van der Waals surface area contributed by atoms with Crippen molar-refractivity contribution in [1.29, 1.82) is 0 Å². The molecule has 2 atom stereocenters. The van der Waals surface area contributed by atoms with Gasteiger partial charge >= 0.3 is 0 Å². The second-order valence-corrected chi connectivity index (χ2v) is 5.49. The smallest absolute Gasteiger partial charge is 0.161 e. The van der Waals surface area contributed by atoms with Crippen molar-refractivity contribution in [3.63, 3.8) is 0 Å². The fourth-order valence-electron chi connectivity index (χ4n) is 3.36. The van der Waals surface area contributed by atoms with Crippen molar-refractivity contribution in [2.75, 3.05) is 27.3 Å². The molecule has 0 aromatic heterocycles. The first-order valence-electron chi connectivity index (χ1n) is 6.97. The van der Waals surface area contributed by atoms with E-state index < -0.39 is 0 Å². The summed E-state index contributed by atoms with van der Waals surface area (Å²) >= 11 is 0. The van der Waals surface area contributed by atoms with Gasteiger partial charge in [0.05, 0.1) is 14.2 Å². The first kappa shape index (κ1) is 18.4. The van der Waals surface area contributed by atoms with E-state index in [1.165, 1.54) is 11.1 Å². The highest BCUT2D eigenvalue weighted by molar-refractivity contribution is 5.85. The van der Waals surface area contributed by atoms with Gasteiger partial charge in [-0.2, -0.15) is 0 Å². The molecule has 120 valence electrons. The fraction of sp³-hybridized carbons (Fsp3) is 0.600. The maximum Gasteiger partial charge on any atom is 0.161 e. The predicted molar refractivity (Wildman–Crippen MR) is 89.3 cm³/mol. The first-order valence-corrected chi connectivity index (χ1v) is 6.97. The van der Waals surface area contributed by atoms with Gasteiger partial charge in [-0.1, -0.05) is 0 Å². The van der Waals surface area contributed by atoms with E-state index in [9.17, 15) is 0 Å². The fourth-order valence-corrected chi connectivity index (χ4v) is 3.36. The van der Waals surface area contributed by atoms with E-state index in [1.54, 1.807) is 14.2 Å². The minimum Gasteiger partial charge on any atom is -0.493 e. The summed E-state index contributed by atoms with van der Waals surface area (Å²) in [6.45, 7) is 2.24. The van der Waals surface area contributed by atoms with Crippen LogP contribution in [0.5, 0.6) is 11.5 Å². The second-order valence-electron chi connectivity index (χ2n) is 5.49. The third-order valence-corrected chi connectivity index (χ3v) is 4.43. The summed E-state index contributed by atoms with van der Waals surface area (Å²) < 4.78 is 10.8. The van der Waals surface area contributed by atoms with E-state index in [2.05, 4.69) is 17.0 Å². The lowest BCUT2D eigenvalue weighted by molar-refractivity contribution is 0.126. The maximum atomic E-state index is 6.14. The van der Waals surface area contributed by atoms with Crippen LogP contribution >= 0.6 is 24.8 Å². The summed E-state index contributed by atoms with van der Waals surface area (Å²) in [7, 11) is 3.38. The second kappa shape index (κ2) is 7.54. The molecule has 21 heavy (non-hydrogen) atoms. The quantitative estimate of drug-likeness (QED) is 0.902. The molecular formula is C15H24Cl2N2O2. The largest absolute Gasteiger partial charge is 0.493 e. The third kappa shape index (κ3) is 3.39. The Morgan fingerprint density at radius 1 is 1.10 bits per heavy atom. The number of nitrogens with two attached hydrogens (primary N) is 1. The number of rotatable bonds is 2. The Labute approximate surface area is 138 Å². The topological polar surface area (TPSA) is 47.7 Å². The molecule has 0 saturated carbocycles. The molecular weight excluding hydrogens is 311 g/mol. The molecule has 0 amide bonds. The van der Waals surface area contributed by atoms with Gasteiger partial charge in [0.25, 0.3) is 0 Å². The zero-order valence-electron chi connectivity index (χ0n) is 12.5. The van der Waals surface area contributed by atoms with Gasteiger partial charge in [0.1, 0.15) is 0 Å². The van der Waals surface area contributed by atoms with Gasteiger partial charge in [-0.25, -0.2) is 0 Å². The van der Waals surface area contributed by atoms with E-state index in [4.69, 9.17) is 15.2 Å². The number of nitrogens with zero attached hydrogens (tertiary/aromatic N) is 1. The van der Waals surface area contributed by atoms with Gasteiger partial charge in [-0.05, 0) is 42.5 Å². The van der Waals surface area contributed by atoms with Crippen molar-refractivity contribution in [3.8, 4) is 11.5 Å². The number of ether oxygens (including phenoxy) is 2. The number of piperidine rings is 1. The van der Waals surface area contributed by atoms with Gasteiger partial charge in [0, 0.05) is 25.2 Å². The van der Waals surface area contributed by atoms with Crippen molar-refractivity contribution in [2.24, 2.45) is 5.73 Å². The molecule has 2 heterocycles. The average Bonchev–Trinajstić information content (AvgIpc) is 2.45. The molecule has 2 aliphatic heterocycles. The van der Waals surface area contributed by atoms with Crippen LogP contribution < -0.4 is 15.2 Å². The summed E-state index contributed by atoms with van der Waals surface area (Å²) in [6, 6.07) is 5.04.